The van der Waals surface area contributed by atoms with Crippen LogP contribution in [0.2, 0.25) is 0 Å². The molecule has 1 aliphatic heterocycles. The van der Waals surface area contributed by atoms with Crippen molar-refractivity contribution < 1.29 is 42.9 Å². The topological polar surface area (TPSA) is 151 Å². The molecule has 0 saturated heterocycles. The van der Waals surface area contributed by atoms with Crippen molar-refractivity contribution in [3.8, 4) is 17.1 Å². The van der Waals surface area contributed by atoms with Crippen molar-refractivity contribution in [2.24, 2.45) is 22.7 Å². The van der Waals surface area contributed by atoms with Crippen LogP contribution in [0.3, 0.4) is 0 Å². The molecule has 11 heteroatoms. The van der Waals surface area contributed by atoms with Crippen LogP contribution in [0, 0.1) is 22.7 Å². The number of hydrogen-bond acceptors (Lipinski definition) is 11. The van der Waals surface area contributed by atoms with Crippen molar-refractivity contribution in [3.05, 3.63) is 46.6 Å². The first-order valence-corrected chi connectivity index (χ1v) is 14.1. The van der Waals surface area contributed by atoms with Crippen LogP contribution in [0.25, 0.3) is 11.3 Å². The summed E-state index contributed by atoms with van der Waals surface area (Å²) >= 11 is 0. The fourth-order valence-corrected chi connectivity index (χ4v) is 8.04. The monoisotopic (exact) mass is 583 g/mol. The lowest BCUT2D eigenvalue weighted by Gasteiger charge is -2.66. The molecule has 3 heterocycles. The first-order chi connectivity index (χ1) is 19.7. The fourth-order valence-electron chi connectivity index (χ4n) is 8.04. The van der Waals surface area contributed by atoms with E-state index in [0.717, 1.165) is 0 Å². The lowest BCUT2D eigenvalue weighted by Crippen LogP contribution is -2.71. The largest absolute Gasteiger partial charge is 0.482 e. The van der Waals surface area contributed by atoms with Crippen molar-refractivity contribution in [2.45, 2.75) is 84.7 Å². The molecule has 0 bridgehead atoms. The van der Waals surface area contributed by atoms with Crippen molar-refractivity contribution in [3.63, 3.8) is 0 Å². The predicted octanol–water partition coefficient (Wildman–Crippen LogP) is 3.76. The van der Waals surface area contributed by atoms with Crippen molar-refractivity contribution in [1.82, 2.24) is 4.98 Å². The van der Waals surface area contributed by atoms with E-state index in [4.69, 9.17) is 23.4 Å². The molecule has 0 aromatic carbocycles. The van der Waals surface area contributed by atoms with Gasteiger partial charge in [0.2, 0.25) is 0 Å². The number of esters is 3. The van der Waals surface area contributed by atoms with Crippen LogP contribution in [0.1, 0.15) is 72.5 Å². The number of ether oxygens (including phenoxy) is 4. The minimum atomic E-state index is -1.34. The summed E-state index contributed by atoms with van der Waals surface area (Å²) in [5, 5.41) is 12.1. The molecule has 8 atom stereocenters. The SMILES string of the molecule is CC(=O)OC[C@@]1(C)[C@H](OC(C)=O)CCC2(C)[C@@H]3C(O)c4c(cc(-c5cccnc5)oc4=O)OC3(C)[C@H](OC(C)=O)C[C@@H]21. The number of hydrogen-bond donors (Lipinski definition) is 1. The summed E-state index contributed by atoms with van der Waals surface area (Å²) < 4.78 is 29.5. The second kappa shape index (κ2) is 10.5. The Hall–Kier alpha value is -3.73. The van der Waals surface area contributed by atoms with E-state index in [1.54, 1.807) is 37.5 Å². The van der Waals surface area contributed by atoms with Crippen LogP contribution in [-0.4, -0.2) is 52.4 Å². The Morgan fingerprint density at radius 3 is 2.38 bits per heavy atom. The van der Waals surface area contributed by atoms with Gasteiger partial charge in [-0.3, -0.25) is 19.4 Å². The lowest BCUT2D eigenvalue weighted by atomic mass is 9.42. The zero-order valence-corrected chi connectivity index (χ0v) is 24.7. The molecule has 2 aromatic rings. The Balaban J connectivity index is 1.66. The zero-order valence-electron chi connectivity index (χ0n) is 24.7. The highest BCUT2D eigenvalue weighted by Crippen LogP contribution is 2.67. The average Bonchev–Trinajstić information content (AvgIpc) is 2.90. The van der Waals surface area contributed by atoms with Crippen molar-refractivity contribution in [1.29, 1.82) is 0 Å². The molecule has 3 aliphatic rings. The van der Waals surface area contributed by atoms with Crippen LogP contribution in [0.4, 0.5) is 0 Å². The third-order valence-corrected chi connectivity index (χ3v) is 9.73. The Kier molecular flexibility index (Phi) is 7.45. The molecule has 42 heavy (non-hydrogen) atoms. The Bertz CT molecular complexity index is 1460. The number of carbonyl (C=O) groups is 3. The van der Waals surface area contributed by atoms with Crippen LogP contribution in [-0.2, 0) is 28.6 Å². The molecular weight excluding hydrogens is 546 g/mol. The van der Waals surface area contributed by atoms with Crippen LogP contribution >= 0.6 is 0 Å². The molecule has 226 valence electrons. The number of nitrogens with zero attached hydrogens (tertiary/aromatic N) is 1. The molecule has 5 rings (SSSR count). The van der Waals surface area contributed by atoms with E-state index in [1.165, 1.54) is 20.8 Å². The van der Waals surface area contributed by atoms with E-state index in [0.29, 0.717) is 18.4 Å². The van der Waals surface area contributed by atoms with Crippen LogP contribution in [0.15, 0.2) is 39.8 Å². The average molecular weight is 584 g/mol. The van der Waals surface area contributed by atoms with Gasteiger partial charge in [-0.1, -0.05) is 13.8 Å². The minimum Gasteiger partial charge on any atom is -0.482 e. The van der Waals surface area contributed by atoms with Gasteiger partial charge in [-0.15, -0.1) is 0 Å². The maximum absolute atomic E-state index is 13.4. The Labute approximate surface area is 243 Å². The molecule has 0 radical (unpaired) electrons. The lowest BCUT2D eigenvalue weighted by molar-refractivity contribution is -0.270. The summed E-state index contributed by atoms with van der Waals surface area (Å²) in [6.07, 6.45) is 1.53. The van der Waals surface area contributed by atoms with Gasteiger partial charge in [-0.2, -0.15) is 0 Å². The quantitative estimate of drug-likeness (QED) is 0.405. The van der Waals surface area contributed by atoms with Crippen molar-refractivity contribution >= 4 is 17.9 Å². The normalized spacial score (nSPS) is 35.0. The number of fused-ring (bicyclic) bond motifs is 4. The Morgan fingerprint density at radius 1 is 1.07 bits per heavy atom. The third kappa shape index (κ3) is 4.77. The summed E-state index contributed by atoms with van der Waals surface area (Å²) in [6.45, 7) is 9.56. The second-order valence-corrected chi connectivity index (χ2v) is 12.4. The van der Waals surface area contributed by atoms with Gasteiger partial charge in [-0.25, -0.2) is 4.79 Å². The Morgan fingerprint density at radius 2 is 1.76 bits per heavy atom. The van der Waals surface area contributed by atoms with E-state index < -0.39 is 64.2 Å². The summed E-state index contributed by atoms with van der Waals surface area (Å²) in [4.78, 5) is 54.0. The number of aliphatic hydroxyl groups is 1. The minimum absolute atomic E-state index is 0.0163. The number of pyridine rings is 1. The second-order valence-electron chi connectivity index (χ2n) is 12.4. The van der Waals surface area contributed by atoms with E-state index in [-0.39, 0.29) is 36.0 Å². The molecule has 2 aliphatic carbocycles. The molecule has 2 fully saturated rings. The molecule has 2 aromatic heterocycles. The molecule has 2 saturated carbocycles. The van der Waals surface area contributed by atoms with E-state index in [1.807, 2.05) is 13.8 Å². The highest BCUT2D eigenvalue weighted by Gasteiger charge is 2.70. The highest BCUT2D eigenvalue weighted by molar-refractivity contribution is 5.67. The summed E-state index contributed by atoms with van der Waals surface area (Å²) in [5.41, 5.74) is -3.09. The third-order valence-electron chi connectivity index (χ3n) is 9.73. The maximum Gasteiger partial charge on any atom is 0.345 e. The molecule has 11 nitrogen and oxygen atoms in total. The smallest absolute Gasteiger partial charge is 0.345 e. The molecule has 1 N–H and O–H groups in total. The number of aromatic nitrogens is 1. The number of carbonyl (C=O) groups excluding carboxylic acids is 3. The van der Waals surface area contributed by atoms with Gasteiger partial charge in [-0.05, 0) is 49.7 Å². The van der Waals surface area contributed by atoms with Gasteiger partial charge >= 0.3 is 23.5 Å². The van der Waals surface area contributed by atoms with E-state index in [2.05, 4.69) is 4.98 Å². The zero-order chi connectivity index (χ0) is 30.6. The summed E-state index contributed by atoms with van der Waals surface area (Å²) in [5.74, 6) is -2.25. The maximum atomic E-state index is 13.4. The van der Waals surface area contributed by atoms with Crippen LogP contribution < -0.4 is 10.4 Å². The van der Waals surface area contributed by atoms with Gasteiger partial charge in [0, 0.05) is 56.1 Å². The van der Waals surface area contributed by atoms with Gasteiger partial charge in [0.05, 0.1) is 6.10 Å². The molecule has 0 spiro atoms. The number of rotatable bonds is 5. The van der Waals surface area contributed by atoms with Gasteiger partial charge in [0.15, 0.2) is 0 Å². The predicted molar refractivity (Wildman–Crippen MR) is 147 cm³/mol. The molecular formula is C31H37NO10. The van der Waals surface area contributed by atoms with E-state index in [9.17, 15) is 24.3 Å². The standard InChI is InChI=1S/C31H37NO10/c1-16(33)38-15-30(5)22-13-24(40-18(3)35)31(6)27(29(22,4)10-9-23(30)39-17(2)34)26(36)25-21(42-31)12-20(41-28(25)37)19-8-7-11-32-14-19/h7-8,11-12,14,22-24,26-27,36H,9-10,13,15H2,1-6H3/t22-,23+,24+,26?,27-,29?,30+,31?/m0/s1. The van der Waals surface area contributed by atoms with Gasteiger partial charge in [0.25, 0.3) is 0 Å². The molecule has 0 amide bonds. The fraction of sp³-hybridized carbons (Fsp3) is 0.581. The van der Waals surface area contributed by atoms with Crippen LogP contribution in [0.5, 0.6) is 5.75 Å². The highest BCUT2D eigenvalue weighted by atomic mass is 16.6. The molecule has 3 unspecified atom stereocenters. The van der Waals surface area contributed by atoms with E-state index >= 15 is 0 Å². The first-order valence-electron chi connectivity index (χ1n) is 14.1. The summed E-state index contributed by atoms with van der Waals surface area (Å²) in [7, 11) is 0. The summed E-state index contributed by atoms with van der Waals surface area (Å²) in [6, 6.07) is 5.00. The number of aliphatic hydroxyl groups excluding tert-OH is 1. The van der Waals surface area contributed by atoms with Crippen molar-refractivity contribution in [2.75, 3.05) is 6.61 Å². The van der Waals surface area contributed by atoms with Gasteiger partial charge in [0.1, 0.15) is 41.5 Å². The first kappa shape index (κ1) is 29.8. The van der Waals surface area contributed by atoms with Gasteiger partial charge < -0.3 is 28.5 Å².